The van der Waals surface area contributed by atoms with E-state index in [2.05, 4.69) is 29.2 Å². The maximum atomic E-state index is 11.2. The summed E-state index contributed by atoms with van der Waals surface area (Å²) in [4.78, 5) is 13.2. The number of ether oxygens (including phenoxy) is 1. The molecule has 0 spiro atoms. The lowest BCUT2D eigenvalue weighted by atomic mass is 9.74. The average molecular weight is 247 g/mol. The van der Waals surface area contributed by atoms with Crippen molar-refractivity contribution in [2.45, 2.75) is 25.2 Å². The Hall–Kier alpha value is -1.35. The zero-order valence-electron chi connectivity index (χ0n) is 11.4. The summed E-state index contributed by atoms with van der Waals surface area (Å²) in [6.45, 7) is 3.13. The van der Waals surface area contributed by atoms with Crippen molar-refractivity contribution in [3.63, 3.8) is 0 Å². The summed E-state index contributed by atoms with van der Waals surface area (Å²) < 4.78 is 5.38. The Morgan fingerprint density at radius 2 is 1.89 bits per heavy atom. The first-order chi connectivity index (χ1) is 8.53. The second-order valence-corrected chi connectivity index (χ2v) is 5.42. The van der Waals surface area contributed by atoms with Crippen molar-refractivity contribution in [3.05, 3.63) is 29.8 Å². The minimum absolute atomic E-state index is 0.0660. The van der Waals surface area contributed by atoms with Gasteiger partial charge in [-0.2, -0.15) is 0 Å². The molecule has 0 N–H and O–H groups in total. The van der Waals surface area contributed by atoms with Crippen LogP contribution < -0.4 is 4.90 Å². The fourth-order valence-corrected chi connectivity index (χ4v) is 2.33. The van der Waals surface area contributed by atoms with E-state index >= 15 is 0 Å². The number of carbonyl (C=O) groups excluding carboxylic acids is 1. The quantitative estimate of drug-likeness (QED) is 0.800. The first kappa shape index (κ1) is 13.1. The number of benzene rings is 1. The van der Waals surface area contributed by atoms with E-state index in [0.29, 0.717) is 6.42 Å². The van der Waals surface area contributed by atoms with Gasteiger partial charge in [0.15, 0.2) is 0 Å². The molecular weight excluding hydrogens is 226 g/mol. The number of hydrogen-bond donors (Lipinski definition) is 0. The number of nitrogens with zero attached hydrogens (tertiary/aromatic N) is 1. The molecule has 1 fully saturated rings. The van der Waals surface area contributed by atoms with Crippen molar-refractivity contribution in [1.29, 1.82) is 0 Å². The number of anilines is 1. The molecule has 1 aromatic rings. The summed E-state index contributed by atoms with van der Waals surface area (Å²) in [5.41, 5.74) is 2.55. The Morgan fingerprint density at radius 3 is 2.28 bits per heavy atom. The van der Waals surface area contributed by atoms with Crippen LogP contribution in [0.3, 0.4) is 0 Å². The van der Waals surface area contributed by atoms with Gasteiger partial charge < -0.3 is 14.4 Å². The molecule has 1 aliphatic heterocycles. The number of Topliss-reactive ketones (excluding diaryl/α,β-unsaturated/α-hetero) is 1. The third-order valence-electron chi connectivity index (χ3n) is 3.71. The lowest BCUT2D eigenvalue weighted by Gasteiger charge is -2.42. The van der Waals surface area contributed by atoms with Crippen LogP contribution in [0.2, 0.25) is 0 Å². The summed E-state index contributed by atoms with van der Waals surface area (Å²) in [5.74, 6) is 0.256. The van der Waals surface area contributed by atoms with E-state index < -0.39 is 0 Å². The molecule has 1 saturated heterocycles. The first-order valence-electron chi connectivity index (χ1n) is 6.39. The average Bonchev–Trinajstić information content (AvgIpc) is 2.28. The van der Waals surface area contributed by atoms with Crippen LogP contribution in [0, 0.1) is 0 Å². The Labute approximate surface area is 109 Å². The zero-order valence-corrected chi connectivity index (χ0v) is 11.4. The van der Waals surface area contributed by atoms with Gasteiger partial charge in [0.25, 0.3) is 0 Å². The van der Waals surface area contributed by atoms with Crippen LogP contribution in [-0.2, 0) is 14.9 Å². The highest BCUT2D eigenvalue weighted by molar-refractivity contribution is 5.75. The molecular formula is C15H21NO2. The fraction of sp³-hybridized carbons (Fsp3) is 0.533. The van der Waals surface area contributed by atoms with Gasteiger partial charge in [-0.3, -0.25) is 0 Å². The van der Waals surface area contributed by atoms with Gasteiger partial charge in [-0.25, -0.2) is 0 Å². The summed E-state index contributed by atoms with van der Waals surface area (Å²) in [7, 11) is 4.07. The van der Waals surface area contributed by atoms with Crippen molar-refractivity contribution in [2.75, 3.05) is 32.2 Å². The van der Waals surface area contributed by atoms with Crippen LogP contribution in [-0.4, -0.2) is 33.1 Å². The van der Waals surface area contributed by atoms with Crippen LogP contribution in [0.5, 0.6) is 0 Å². The molecule has 1 aromatic carbocycles. The van der Waals surface area contributed by atoms with Crippen molar-refractivity contribution < 1.29 is 9.53 Å². The lowest BCUT2D eigenvalue weighted by Crippen LogP contribution is -2.46. The Kier molecular flexibility index (Phi) is 3.71. The highest BCUT2D eigenvalue weighted by Crippen LogP contribution is 2.37. The standard InChI is InChI=1S/C15H21NO2/c1-12(17)8-9-15(10-18-11-15)13-4-6-14(7-5-13)16(2)3/h4-7H,8-11H2,1-3H3. The number of carbonyl (C=O) groups is 1. The number of hydrogen-bond acceptors (Lipinski definition) is 3. The predicted octanol–water partition coefficient (Wildman–Crippen LogP) is 2.39. The van der Waals surface area contributed by atoms with E-state index in [9.17, 15) is 4.79 Å². The van der Waals surface area contributed by atoms with Gasteiger partial charge in [-0.1, -0.05) is 12.1 Å². The Bertz CT molecular complexity index is 419. The van der Waals surface area contributed by atoms with E-state index in [1.165, 1.54) is 11.3 Å². The fourth-order valence-electron chi connectivity index (χ4n) is 2.33. The van der Waals surface area contributed by atoms with Gasteiger partial charge in [0, 0.05) is 31.6 Å². The summed E-state index contributed by atoms with van der Waals surface area (Å²) >= 11 is 0. The number of rotatable bonds is 5. The van der Waals surface area contributed by atoms with Gasteiger partial charge in [-0.05, 0) is 31.0 Å². The smallest absolute Gasteiger partial charge is 0.129 e. The van der Waals surface area contributed by atoms with Gasteiger partial charge in [0.05, 0.1) is 13.2 Å². The van der Waals surface area contributed by atoms with E-state index in [1.807, 2.05) is 14.1 Å². The molecule has 0 atom stereocenters. The second kappa shape index (κ2) is 5.11. The van der Waals surface area contributed by atoms with Crippen molar-refractivity contribution in [3.8, 4) is 0 Å². The Balaban J connectivity index is 2.14. The zero-order chi connectivity index (χ0) is 13.2. The number of ketones is 1. The largest absolute Gasteiger partial charge is 0.379 e. The second-order valence-electron chi connectivity index (χ2n) is 5.42. The van der Waals surface area contributed by atoms with Crippen LogP contribution >= 0.6 is 0 Å². The highest BCUT2D eigenvalue weighted by Gasteiger charge is 2.39. The van der Waals surface area contributed by atoms with Gasteiger partial charge in [-0.15, -0.1) is 0 Å². The van der Waals surface area contributed by atoms with E-state index in [1.54, 1.807) is 6.92 Å². The van der Waals surface area contributed by atoms with E-state index in [-0.39, 0.29) is 11.2 Å². The Morgan fingerprint density at radius 1 is 1.28 bits per heavy atom. The molecule has 0 bridgehead atoms. The molecule has 0 aromatic heterocycles. The van der Waals surface area contributed by atoms with Crippen LogP contribution in [0.25, 0.3) is 0 Å². The summed E-state index contributed by atoms with van der Waals surface area (Å²) in [6.07, 6.45) is 1.53. The maximum Gasteiger partial charge on any atom is 0.129 e. The molecule has 98 valence electrons. The van der Waals surface area contributed by atoms with Crippen molar-refractivity contribution in [1.82, 2.24) is 0 Å². The minimum atomic E-state index is 0.0660. The molecule has 0 unspecified atom stereocenters. The molecule has 3 heteroatoms. The van der Waals surface area contributed by atoms with Crippen molar-refractivity contribution >= 4 is 11.5 Å². The minimum Gasteiger partial charge on any atom is -0.379 e. The molecule has 1 heterocycles. The topological polar surface area (TPSA) is 29.5 Å². The molecule has 0 aliphatic carbocycles. The lowest BCUT2D eigenvalue weighted by molar-refractivity contribution is -0.119. The molecule has 1 aliphatic rings. The van der Waals surface area contributed by atoms with Crippen LogP contribution in [0.15, 0.2) is 24.3 Å². The van der Waals surface area contributed by atoms with Gasteiger partial charge in [0.1, 0.15) is 5.78 Å². The summed E-state index contributed by atoms with van der Waals surface area (Å²) in [5, 5.41) is 0. The molecule has 2 rings (SSSR count). The molecule has 3 nitrogen and oxygen atoms in total. The third kappa shape index (κ3) is 2.56. The summed E-state index contributed by atoms with van der Waals surface area (Å²) in [6, 6.07) is 8.59. The highest BCUT2D eigenvalue weighted by atomic mass is 16.5. The van der Waals surface area contributed by atoms with E-state index in [0.717, 1.165) is 19.6 Å². The first-order valence-corrected chi connectivity index (χ1v) is 6.39. The van der Waals surface area contributed by atoms with Crippen LogP contribution in [0.1, 0.15) is 25.3 Å². The maximum absolute atomic E-state index is 11.2. The van der Waals surface area contributed by atoms with Gasteiger partial charge in [0.2, 0.25) is 0 Å². The van der Waals surface area contributed by atoms with Crippen molar-refractivity contribution in [2.24, 2.45) is 0 Å². The monoisotopic (exact) mass is 247 g/mol. The predicted molar refractivity (Wildman–Crippen MR) is 73.2 cm³/mol. The van der Waals surface area contributed by atoms with Crippen LogP contribution in [0.4, 0.5) is 5.69 Å². The molecule has 18 heavy (non-hydrogen) atoms. The molecule has 0 amide bonds. The SMILES string of the molecule is CC(=O)CCC1(c2ccc(N(C)C)cc2)COC1. The molecule has 0 radical (unpaired) electrons. The van der Waals surface area contributed by atoms with E-state index in [4.69, 9.17) is 4.74 Å². The molecule has 0 saturated carbocycles. The van der Waals surface area contributed by atoms with Gasteiger partial charge >= 0.3 is 0 Å². The third-order valence-corrected chi connectivity index (χ3v) is 3.71. The normalized spacial score (nSPS) is 17.1.